The van der Waals surface area contributed by atoms with Crippen LogP contribution in [0.25, 0.3) is 0 Å². The molecule has 0 saturated carbocycles. The van der Waals surface area contributed by atoms with Gasteiger partial charge in [-0.25, -0.2) is 0 Å². The second-order valence-electron chi connectivity index (χ2n) is 4.45. The maximum atomic E-state index is 11.7. The van der Waals surface area contributed by atoms with Gasteiger partial charge in [0.1, 0.15) is 0 Å². The summed E-state index contributed by atoms with van der Waals surface area (Å²) in [7, 11) is 0. The van der Waals surface area contributed by atoms with Gasteiger partial charge in [-0.2, -0.15) is 0 Å². The molecule has 4 heteroatoms. The zero-order valence-corrected chi connectivity index (χ0v) is 13.3. The molecule has 0 aliphatic carbocycles. The minimum atomic E-state index is -0.175. The van der Waals surface area contributed by atoms with Crippen molar-refractivity contribution in [2.45, 2.75) is 39.3 Å². The lowest BCUT2D eigenvalue weighted by atomic mass is 10.1. The highest BCUT2D eigenvalue weighted by atomic mass is 127. The van der Waals surface area contributed by atoms with Crippen molar-refractivity contribution in [1.29, 1.82) is 0 Å². The number of amides is 1. The molecule has 1 rings (SSSR count). The average molecular weight is 360 g/mol. The number of hydrogen-bond acceptors (Lipinski definition) is 2. The van der Waals surface area contributed by atoms with Gasteiger partial charge < -0.3 is 5.32 Å². The Morgan fingerprint density at radius 1 is 1.28 bits per heavy atom. The van der Waals surface area contributed by atoms with Crippen molar-refractivity contribution >= 4 is 28.5 Å². The normalized spacial score (nSPS) is 14.0. The molecule has 0 heterocycles. The molecule has 0 radical (unpaired) electrons. The van der Waals surface area contributed by atoms with Crippen molar-refractivity contribution in [2.75, 3.05) is 6.54 Å². The van der Waals surface area contributed by atoms with Crippen LogP contribution < -0.4 is 10.6 Å². The molecule has 2 N–H and O–H groups in total. The van der Waals surface area contributed by atoms with Gasteiger partial charge in [0, 0.05) is 16.2 Å². The Kier molecular flexibility index (Phi) is 6.63. The van der Waals surface area contributed by atoms with Gasteiger partial charge in [-0.15, -0.1) is 0 Å². The molecule has 0 aliphatic rings. The van der Waals surface area contributed by atoms with Crippen LogP contribution in [0.5, 0.6) is 0 Å². The van der Waals surface area contributed by atoms with Crippen LogP contribution in [0.3, 0.4) is 0 Å². The molecule has 0 saturated heterocycles. The topological polar surface area (TPSA) is 41.1 Å². The molecular formula is C14H21IN2O. The second-order valence-corrected chi connectivity index (χ2v) is 5.70. The quantitative estimate of drug-likeness (QED) is 0.766. The number of carbonyl (C=O) groups excluding carboxylic acids is 1. The first-order chi connectivity index (χ1) is 8.54. The van der Waals surface area contributed by atoms with E-state index in [0.29, 0.717) is 0 Å². The van der Waals surface area contributed by atoms with Crippen molar-refractivity contribution < 1.29 is 4.79 Å². The highest BCUT2D eigenvalue weighted by Crippen LogP contribution is 2.14. The summed E-state index contributed by atoms with van der Waals surface area (Å²) >= 11 is 2.29. The first kappa shape index (κ1) is 15.4. The van der Waals surface area contributed by atoms with E-state index in [0.717, 1.165) is 13.0 Å². The second kappa shape index (κ2) is 7.74. The standard InChI is InChI=1S/C14H21IN2O/c1-4-9-16-14(18)11(3)17-10(2)12-5-7-13(15)8-6-12/h5-8,10-11,17H,4,9H2,1-3H3,(H,16,18). The summed E-state index contributed by atoms with van der Waals surface area (Å²) in [6.07, 6.45) is 0.963. The fraction of sp³-hybridized carbons (Fsp3) is 0.500. The van der Waals surface area contributed by atoms with Crippen LogP contribution in [0.4, 0.5) is 0 Å². The average Bonchev–Trinajstić information content (AvgIpc) is 2.36. The smallest absolute Gasteiger partial charge is 0.236 e. The summed E-state index contributed by atoms with van der Waals surface area (Å²) in [4.78, 5) is 11.7. The van der Waals surface area contributed by atoms with Crippen LogP contribution in [0.1, 0.15) is 38.8 Å². The summed E-state index contributed by atoms with van der Waals surface area (Å²) in [5.74, 6) is 0.0641. The van der Waals surface area contributed by atoms with Crippen molar-refractivity contribution in [3.8, 4) is 0 Å². The van der Waals surface area contributed by atoms with Gasteiger partial charge in [0.05, 0.1) is 6.04 Å². The maximum absolute atomic E-state index is 11.7. The third-order valence-electron chi connectivity index (χ3n) is 2.81. The molecule has 0 bridgehead atoms. The minimum absolute atomic E-state index is 0.0641. The van der Waals surface area contributed by atoms with Crippen molar-refractivity contribution in [3.05, 3.63) is 33.4 Å². The van der Waals surface area contributed by atoms with Gasteiger partial charge in [-0.05, 0) is 60.6 Å². The van der Waals surface area contributed by atoms with Gasteiger partial charge in [0.25, 0.3) is 0 Å². The van der Waals surface area contributed by atoms with Crippen molar-refractivity contribution in [3.63, 3.8) is 0 Å². The van der Waals surface area contributed by atoms with E-state index in [1.807, 2.05) is 13.8 Å². The lowest BCUT2D eigenvalue weighted by Gasteiger charge is -2.20. The lowest BCUT2D eigenvalue weighted by molar-refractivity contribution is -0.122. The summed E-state index contributed by atoms with van der Waals surface area (Å²) in [5.41, 5.74) is 1.20. The van der Waals surface area contributed by atoms with Crippen LogP contribution in [0, 0.1) is 3.57 Å². The van der Waals surface area contributed by atoms with Crippen molar-refractivity contribution in [1.82, 2.24) is 10.6 Å². The van der Waals surface area contributed by atoms with E-state index in [1.54, 1.807) is 0 Å². The fourth-order valence-electron chi connectivity index (χ4n) is 1.70. The largest absolute Gasteiger partial charge is 0.355 e. The van der Waals surface area contributed by atoms with E-state index >= 15 is 0 Å². The van der Waals surface area contributed by atoms with E-state index in [1.165, 1.54) is 9.13 Å². The van der Waals surface area contributed by atoms with E-state index in [4.69, 9.17) is 0 Å². The monoisotopic (exact) mass is 360 g/mol. The highest BCUT2D eigenvalue weighted by molar-refractivity contribution is 14.1. The van der Waals surface area contributed by atoms with E-state index in [-0.39, 0.29) is 18.0 Å². The maximum Gasteiger partial charge on any atom is 0.236 e. The van der Waals surface area contributed by atoms with Crippen LogP contribution >= 0.6 is 22.6 Å². The number of halogens is 1. The van der Waals surface area contributed by atoms with Gasteiger partial charge in [-0.1, -0.05) is 19.1 Å². The Morgan fingerprint density at radius 2 is 1.89 bits per heavy atom. The van der Waals surface area contributed by atoms with Gasteiger partial charge in [0.2, 0.25) is 5.91 Å². The summed E-state index contributed by atoms with van der Waals surface area (Å²) in [6, 6.07) is 8.34. The summed E-state index contributed by atoms with van der Waals surface area (Å²) in [6.45, 7) is 6.76. The number of carbonyl (C=O) groups is 1. The fourth-order valence-corrected chi connectivity index (χ4v) is 2.06. The zero-order valence-electron chi connectivity index (χ0n) is 11.2. The molecule has 3 nitrogen and oxygen atoms in total. The molecule has 1 aromatic rings. The molecular weight excluding hydrogens is 339 g/mol. The van der Waals surface area contributed by atoms with Crippen LogP contribution in [0.2, 0.25) is 0 Å². The Labute approximate surface area is 123 Å². The van der Waals surface area contributed by atoms with Crippen molar-refractivity contribution in [2.24, 2.45) is 0 Å². The third kappa shape index (κ3) is 4.94. The van der Waals surface area contributed by atoms with E-state index in [9.17, 15) is 4.79 Å². The Balaban J connectivity index is 2.50. The Bertz CT molecular complexity index is 378. The molecule has 0 aromatic heterocycles. The molecule has 0 aliphatic heterocycles. The molecule has 2 unspecified atom stereocenters. The first-order valence-electron chi connectivity index (χ1n) is 6.33. The Morgan fingerprint density at radius 3 is 2.44 bits per heavy atom. The molecule has 2 atom stereocenters. The predicted molar refractivity (Wildman–Crippen MR) is 83.5 cm³/mol. The lowest BCUT2D eigenvalue weighted by Crippen LogP contribution is -2.43. The minimum Gasteiger partial charge on any atom is -0.355 e. The predicted octanol–water partition coefficient (Wildman–Crippen LogP) is 2.86. The summed E-state index contributed by atoms with van der Waals surface area (Å²) in [5, 5.41) is 6.21. The first-order valence-corrected chi connectivity index (χ1v) is 7.41. The zero-order chi connectivity index (χ0) is 13.5. The summed E-state index contributed by atoms with van der Waals surface area (Å²) < 4.78 is 1.22. The number of benzene rings is 1. The number of nitrogens with one attached hydrogen (secondary N) is 2. The third-order valence-corrected chi connectivity index (χ3v) is 3.53. The van der Waals surface area contributed by atoms with E-state index < -0.39 is 0 Å². The number of hydrogen-bond donors (Lipinski definition) is 2. The SMILES string of the molecule is CCCNC(=O)C(C)NC(C)c1ccc(I)cc1. The molecule has 0 spiro atoms. The van der Waals surface area contributed by atoms with Gasteiger partial charge in [-0.3, -0.25) is 10.1 Å². The van der Waals surface area contributed by atoms with Gasteiger partial charge in [0.15, 0.2) is 0 Å². The molecule has 100 valence electrons. The molecule has 1 aromatic carbocycles. The Hall–Kier alpha value is -0.620. The van der Waals surface area contributed by atoms with Crippen LogP contribution in [-0.4, -0.2) is 18.5 Å². The van der Waals surface area contributed by atoms with Crippen LogP contribution in [-0.2, 0) is 4.79 Å². The van der Waals surface area contributed by atoms with Gasteiger partial charge >= 0.3 is 0 Å². The molecule has 0 fully saturated rings. The van der Waals surface area contributed by atoms with Crippen LogP contribution in [0.15, 0.2) is 24.3 Å². The molecule has 1 amide bonds. The highest BCUT2D eigenvalue weighted by Gasteiger charge is 2.15. The van der Waals surface area contributed by atoms with E-state index in [2.05, 4.69) is 64.4 Å². The number of rotatable bonds is 6. The molecule has 18 heavy (non-hydrogen) atoms.